The van der Waals surface area contributed by atoms with Crippen LogP contribution in [-0.2, 0) is 4.74 Å². The first kappa shape index (κ1) is 11.9. The highest BCUT2D eigenvalue weighted by Gasteiger charge is 2.15. The smallest absolute Gasteiger partial charge is 0.112 e. The molecule has 1 atom stereocenters. The van der Waals surface area contributed by atoms with Crippen molar-refractivity contribution in [3.63, 3.8) is 0 Å². The summed E-state index contributed by atoms with van der Waals surface area (Å²) in [7, 11) is 0. The summed E-state index contributed by atoms with van der Waals surface area (Å²) in [5.74, 6) is 0. The highest BCUT2D eigenvalue weighted by Crippen LogP contribution is 2.23. The molecule has 1 saturated heterocycles. The SMILES string of the molecule is Brc1cnc2c(NC3CCCOC3)ccnc2c1. The van der Waals surface area contributed by atoms with Crippen molar-refractivity contribution < 1.29 is 4.74 Å². The van der Waals surface area contributed by atoms with Crippen molar-refractivity contribution in [3.05, 3.63) is 29.0 Å². The summed E-state index contributed by atoms with van der Waals surface area (Å²) in [6.07, 6.45) is 5.86. The minimum atomic E-state index is 0.370. The Kier molecular flexibility index (Phi) is 3.43. The van der Waals surface area contributed by atoms with Gasteiger partial charge in [0.1, 0.15) is 5.52 Å². The first-order valence-corrected chi connectivity index (χ1v) is 6.87. The highest BCUT2D eigenvalue weighted by atomic mass is 79.9. The van der Waals surface area contributed by atoms with Gasteiger partial charge >= 0.3 is 0 Å². The van der Waals surface area contributed by atoms with Gasteiger partial charge in [0.2, 0.25) is 0 Å². The quantitative estimate of drug-likeness (QED) is 0.926. The summed E-state index contributed by atoms with van der Waals surface area (Å²) in [4.78, 5) is 8.77. The van der Waals surface area contributed by atoms with Gasteiger partial charge in [0.05, 0.1) is 17.8 Å². The Hall–Kier alpha value is -1.20. The fraction of sp³-hybridized carbons (Fsp3) is 0.385. The lowest BCUT2D eigenvalue weighted by molar-refractivity contribution is 0.0876. The molecule has 94 valence electrons. The fourth-order valence-corrected chi connectivity index (χ4v) is 2.52. The van der Waals surface area contributed by atoms with E-state index in [2.05, 4.69) is 31.2 Å². The highest BCUT2D eigenvalue weighted by molar-refractivity contribution is 9.10. The van der Waals surface area contributed by atoms with Gasteiger partial charge in [-0.25, -0.2) is 0 Å². The molecule has 0 bridgehead atoms. The molecule has 0 spiro atoms. The van der Waals surface area contributed by atoms with Crippen LogP contribution in [-0.4, -0.2) is 29.2 Å². The van der Waals surface area contributed by atoms with Crippen LogP contribution in [0.3, 0.4) is 0 Å². The summed E-state index contributed by atoms with van der Waals surface area (Å²) in [6.45, 7) is 1.64. The van der Waals surface area contributed by atoms with Crippen LogP contribution in [0.4, 0.5) is 5.69 Å². The first-order valence-electron chi connectivity index (χ1n) is 6.07. The van der Waals surface area contributed by atoms with Crippen LogP contribution in [0.15, 0.2) is 29.0 Å². The molecule has 18 heavy (non-hydrogen) atoms. The lowest BCUT2D eigenvalue weighted by Gasteiger charge is -2.24. The van der Waals surface area contributed by atoms with Gasteiger partial charge in [0.15, 0.2) is 0 Å². The number of hydrogen-bond acceptors (Lipinski definition) is 4. The van der Waals surface area contributed by atoms with Gasteiger partial charge < -0.3 is 10.1 Å². The third kappa shape index (κ3) is 2.47. The molecular formula is C13H14BrN3O. The lowest BCUT2D eigenvalue weighted by atomic mass is 10.1. The van der Waals surface area contributed by atoms with Crippen molar-refractivity contribution in [1.29, 1.82) is 0 Å². The van der Waals surface area contributed by atoms with E-state index in [0.717, 1.165) is 47.2 Å². The minimum Gasteiger partial charge on any atom is -0.379 e. The molecule has 1 N–H and O–H groups in total. The zero-order valence-corrected chi connectivity index (χ0v) is 11.5. The van der Waals surface area contributed by atoms with Crippen LogP contribution in [0, 0.1) is 0 Å². The maximum atomic E-state index is 5.48. The van der Waals surface area contributed by atoms with E-state index >= 15 is 0 Å². The van der Waals surface area contributed by atoms with Gasteiger partial charge in [0.25, 0.3) is 0 Å². The second-order valence-corrected chi connectivity index (χ2v) is 5.35. The lowest BCUT2D eigenvalue weighted by Crippen LogP contribution is -2.30. The molecule has 0 aliphatic carbocycles. The molecule has 1 unspecified atom stereocenters. The number of nitrogens with one attached hydrogen (secondary N) is 1. The molecule has 0 amide bonds. The van der Waals surface area contributed by atoms with Gasteiger partial charge in [-0.15, -0.1) is 0 Å². The molecule has 1 fully saturated rings. The molecule has 3 heterocycles. The molecule has 4 nitrogen and oxygen atoms in total. The van der Waals surface area contributed by atoms with Crippen LogP contribution < -0.4 is 5.32 Å². The van der Waals surface area contributed by atoms with Gasteiger partial charge in [-0.3, -0.25) is 9.97 Å². The molecule has 3 rings (SSSR count). The maximum Gasteiger partial charge on any atom is 0.112 e. The van der Waals surface area contributed by atoms with Crippen molar-refractivity contribution in [1.82, 2.24) is 9.97 Å². The third-order valence-corrected chi connectivity index (χ3v) is 3.50. The van der Waals surface area contributed by atoms with Crippen molar-refractivity contribution in [2.45, 2.75) is 18.9 Å². The van der Waals surface area contributed by atoms with E-state index in [4.69, 9.17) is 4.74 Å². The third-order valence-electron chi connectivity index (χ3n) is 3.06. The topological polar surface area (TPSA) is 47.0 Å². The van der Waals surface area contributed by atoms with Gasteiger partial charge in [-0.2, -0.15) is 0 Å². The normalized spacial score (nSPS) is 19.9. The number of anilines is 1. The van der Waals surface area contributed by atoms with Gasteiger partial charge in [0, 0.05) is 29.5 Å². The van der Waals surface area contributed by atoms with E-state index in [-0.39, 0.29) is 0 Å². The average molecular weight is 308 g/mol. The molecule has 1 aliphatic rings. The van der Waals surface area contributed by atoms with Crippen LogP contribution in [0.2, 0.25) is 0 Å². The minimum absolute atomic E-state index is 0.370. The van der Waals surface area contributed by atoms with E-state index in [9.17, 15) is 0 Å². The van der Waals surface area contributed by atoms with Crippen molar-refractivity contribution in [2.24, 2.45) is 0 Å². The summed E-state index contributed by atoms with van der Waals surface area (Å²) in [5.41, 5.74) is 2.83. The zero-order valence-electron chi connectivity index (χ0n) is 9.90. The van der Waals surface area contributed by atoms with E-state index < -0.39 is 0 Å². The summed E-state index contributed by atoms with van der Waals surface area (Å²) in [5, 5.41) is 3.50. The first-order chi connectivity index (χ1) is 8.83. The number of ether oxygens (including phenoxy) is 1. The van der Waals surface area contributed by atoms with Crippen molar-refractivity contribution >= 4 is 32.7 Å². The van der Waals surface area contributed by atoms with E-state index in [1.54, 1.807) is 6.20 Å². The standard InChI is InChI=1S/C13H14BrN3O/c14-9-6-12-13(16-7-9)11(3-4-15-12)17-10-2-1-5-18-8-10/h3-4,6-7,10H,1-2,5,8H2,(H,15,17). The number of rotatable bonds is 2. The Morgan fingerprint density at radius 3 is 3.17 bits per heavy atom. The molecule has 0 aromatic carbocycles. The van der Waals surface area contributed by atoms with Crippen LogP contribution in [0.5, 0.6) is 0 Å². The maximum absolute atomic E-state index is 5.48. The predicted molar refractivity (Wildman–Crippen MR) is 74.7 cm³/mol. The summed E-state index contributed by atoms with van der Waals surface area (Å²) < 4.78 is 6.42. The van der Waals surface area contributed by atoms with Crippen LogP contribution in [0.25, 0.3) is 11.0 Å². The fourth-order valence-electron chi connectivity index (χ4n) is 2.20. The number of nitrogens with zero attached hydrogens (tertiary/aromatic N) is 2. The van der Waals surface area contributed by atoms with Crippen molar-refractivity contribution in [2.75, 3.05) is 18.5 Å². The second kappa shape index (κ2) is 5.20. The average Bonchev–Trinajstić information content (AvgIpc) is 2.40. The largest absolute Gasteiger partial charge is 0.379 e. The summed E-state index contributed by atoms with van der Waals surface area (Å²) >= 11 is 3.41. The van der Waals surface area contributed by atoms with E-state index in [0.29, 0.717) is 6.04 Å². The monoisotopic (exact) mass is 307 g/mol. The van der Waals surface area contributed by atoms with Gasteiger partial charge in [-0.1, -0.05) is 0 Å². The second-order valence-electron chi connectivity index (χ2n) is 4.44. The Bertz CT molecular complexity index is 555. The Labute approximate surface area is 114 Å². The Balaban J connectivity index is 1.91. The van der Waals surface area contributed by atoms with Gasteiger partial charge in [-0.05, 0) is 40.9 Å². The number of halogens is 1. The number of pyridine rings is 2. The van der Waals surface area contributed by atoms with E-state index in [1.165, 1.54) is 0 Å². The summed E-state index contributed by atoms with van der Waals surface area (Å²) in [6, 6.07) is 4.32. The predicted octanol–water partition coefficient (Wildman–Crippen LogP) is 2.98. The number of fused-ring (bicyclic) bond motifs is 1. The molecule has 1 aliphatic heterocycles. The van der Waals surface area contributed by atoms with E-state index in [1.807, 2.05) is 18.3 Å². The molecule has 0 radical (unpaired) electrons. The Morgan fingerprint density at radius 2 is 2.33 bits per heavy atom. The number of aromatic nitrogens is 2. The molecule has 0 saturated carbocycles. The van der Waals surface area contributed by atoms with Crippen LogP contribution >= 0.6 is 15.9 Å². The molecular weight excluding hydrogens is 294 g/mol. The molecule has 2 aromatic heterocycles. The zero-order chi connectivity index (χ0) is 12.4. The van der Waals surface area contributed by atoms with Crippen LogP contribution in [0.1, 0.15) is 12.8 Å². The molecule has 2 aromatic rings. The van der Waals surface area contributed by atoms with Crippen molar-refractivity contribution in [3.8, 4) is 0 Å². The molecule has 5 heteroatoms. The Morgan fingerprint density at radius 1 is 1.39 bits per heavy atom. The number of hydrogen-bond donors (Lipinski definition) is 1.